The molecule has 1 aromatic carbocycles. The molecule has 0 aliphatic carbocycles. The normalized spacial score (nSPS) is 27.3. The van der Waals surface area contributed by atoms with E-state index in [9.17, 15) is 18.0 Å². The van der Waals surface area contributed by atoms with Gasteiger partial charge in [-0.05, 0) is 43.5 Å². The third-order valence-electron chi connectivity index (χ3n) is 5.71. The molecule has 0 radical (unpaired) electrons. The standard InChI is InChI=1S/C19H25N3O4S/c23-18-11-14(19(24)20-15-7-10-27(25,26)13-15)12-22(18)17-5-3-16(4-6-17)21-8-1-2-9-21/h3-6,14-15H,1-2,7-13H2,(H,20,24). The van der Waals surface area contributed by atoms with Crippen LogP contribution in [0.1, 0.15) is 25.7 Å². The molecule has 2 unspecified atom stereocenters. The van der Waals surface area contributed by atoms with Crippen molar-refractivity contribution < 1.29 is 18.0 Å². The van der Waals surface area contributed by atoms with Gasteiger partial charge in [0.1, 0.15) is 0 Å². The van der Waals surface area contributed by atoms with Gasteiger partial charge in [-0.3, -0.25) is 9.59 Å². The van der Waals surface area contributed by atoms with Crippen LogP contribution in [0.25, 0.3) is 0 Å². The van der Waals surface area contributed by atoms with E-state index in [1.807, 2.05) is 24.3 Å². The Morgan fingerprint density at radius 3 is 2.37 bits per heavy atom. The van der Waals surface area contributed by atoms with E-state index >= 15 is 0 Å². The van der Waals surface area contributed by atoms with E-state index in [1.165, 1.54) is 18.5 Å². The van der Waals surface area contributed by atoms with Crippen molar-refractivity contribution in [2.75, 3.05) is 40.9 Å². The lowest BCUT2D eigenvalue weighted by Crippen LogP contribution is -2.40. The average Bonchev–Trinajstić information content (AvgIpc) is 3.35. The van der Waals surface area contributed by atoms with Crippen LogP contribution in [0.5, 0.6) is 0 Å². The molecule has 3 aliphatic heterocycles. The van der Waals surface area contributed by atoms with Crippen LogP contribution in [0.2, 0.25) is 0 Å². The first-order valence-corrected chi connectivity index (χ1v) is 11.4. The predicted molar refractivity (Wildman–Crippen MR) is 104 cm³/mol. The number of benzene rings is 1. The molecule has 3 heterocycles. The van der Waals surface area contributed by atoms with Gasteiger partial charge in [0, 0.05) is 43.5 Å². The SMILES string of the molecule is O=C(NC1CCS(=O)(=O)C1)C1CC(=O)N(c2ccc(N3CCCC3)cc2)C1. The minimum atomic E-state index is -3.04. The van der Waals surface area contributed by atoms with Crippen molar-refractivity contribution in [2.24, 2.45) is 5.92 Å². The maximum absolute atomic E-state index is 12.5. The highest BCUT2D eigenvalue weighted by molar-refractivity contribution is 7.91. The van der Waals surface area contributed by atoms with Crippen LogP contribution in [-0.2, 0) is 19.4 Å². The van der Waals surface area contributed by atoms with Crippen LogP contribution >= 0.6 is 0 Å². The van der Waals surface area contributed by atoms with E-state index in [2.05, 4.69) is 10.2 Å². The van der Waals surface area contributed by atoms with Crippen LogP contribution in [0.15, 0.2) is 24.3 Å². The number of anilines is 2. The van der Waals surface area contributed by atoms with E-state index < -0.39 is 15.8 Å². The highest BCUT2D eigenvalue weighted by Gasteiger charge is 2.37. The molecule has 1 aromatic rings. The quantitative estimate of drug-likeness (QED) is 0.826. The van der Waals surface area contributed by atoms with Gasteiger partial charge in [-0.25, -0.2) is 8.42 Å². The molecule has 3 fully saturated rings. The van der Waals surface area contributed by atoms with Crippen molar-refractivity contribution in [3.63, 3.8) is 0 Å². The third-order valence-corrected chi connectivity index (χ3v) is 7.48. The van der Waals surface area contributed by atoms with Crippen molar-refractivity contribution in [3.05, 3.63) is 24.3 Å². The number of carbonyl (C=O) groups excluding carboxylic acids is 2. The molecule has 146 valence electrons. The van der Waals surface area contributed by atoms with Gasteiger partial charge in [0.15, 0.2) is 9.84 Å². The summed E-state index contributed by atoms with van der Waals surface area (Å²) < 4.78 is 23.1. The number of sulfone groups is 1. The minimum absolute atomic E-state index is 0.00107. The minimum Gasteiger partial charge on any atom is -0.372 e. The Kier molecular flexibility index (Phi) is 4.84. The van der Waals surface area contributed by atoms with Crippen LogP contribution < -0.4 is 15.1 Å². The number of hydrogen-bond donors (Lipinski definition) is 1. The molecule has 4 rings (SSSR count). The maximum Gasteiger partial charge on any atom is 0.227 e. The van der Waals surface area contributed by atoms with Gasteiger partial charge < -0.3 is 15.1 Å². The number of nitrogens with zero attached hydrogens (tertiary/aromatic N) is 2. The van der Waals surface area contributed by atoms with Crippen LogP contribution in [0, 0.1) is 5.92 Å². The summed E-state index contributed by atoms with van der Waals surface area (Å²) in [5.41, 5.74) is 1.97. The number of rotatable bonds is 4. The maximum atomic E-state index is 12.5. The van der Waals surface area contributed by atoms with Gasteiger partial charge >= 0.3 is 0 Å². The van der Waals surface area contributed by atoms with E-state index in [0.717, 1.165) is 18.8 Å². The van der Waals surface area contributed by atoms with E-state index in [4.69, 9.17) is 0 Å². The lowest BCUT2D eigenvalue weighted by Gasteiger charge is -2.21. The predicted octanol–water partition coefficient (Wildman–Crippen LogP) is 0.943. The molecule has 1 N–H and O–H groups in total. The van der Waals surface area contributed by atoms with Crippen molar-refractivity contribution in [3.8, 4) is 0 Å². The summed E-state index contributed by atoms with van der Waals surface area (Å²) in [6.45, 7) is 2.48. The van der Waals surface area contributed by atoms with Gasteiger partial charge in [0.05, 0.1) is 17.4 Å². The average molecular weight is 391 g/mol. The fourth-order valence-electron chi connectivity index (χ4n) is 4.18. The molecule has 0 aromatic heterocycles. The molecule has 0 bridgehead atoms. The molecule has 7 nitrogen and oxygen atoms in total. The highest BCUT2D eigenvalue weighted by atomic mass is 32.2. The Morgan fingerprint density at radius 2 is 1.74 bits per heavy atom. The van der Waals surface area contributed by atoms with Crippen molar-refractivity contribution in [2.45, 2.75) is 31.7 Å². The second-order valence-electron chi connectivity index (χ2n) is 7.72. The smallest absolute Gasteiger partial charge is 0.227 e. The van der Waals surface area contributed by atoms with E-state index in [-0.39, 0.29) is 35.8 Å². The van der Waals surface area contributed by atoms with Gasteiger partial charge in [0.2, 0.25) is 11.8 Å². The summed E-state index contributed by atoms with van der Waals surface area (Å²) in [4.78, 5) is 28.9. The number of carbonyl (C=O) groups is 2. The molecule has 2 atom stereocenters. The summed E-state index contributed by atoms with van der Waals surface area (Å²) in [7, 11) is -3.04. The van der Waals surface area contributed by atoms with E-state index in [0.29, 0.717) is 13.0 Å². The van der Waals surface area contributed by atoms with Crippen LogP contribution in [-0.4, -0.2) is 57.4 Å². The second-order valence-corrected chi connectivity index (χ2v) is 9.95. The molecule has 0 spiro atoms. The molecule has 2 amide bonds. The topological polar surface area (TPSA) is 86.8 Å². The van der Waals surface area contributed by atoms with Crippen molar-refractivity contribution >= 4 is 33.0 Å². The Hall–Kier alpha value is -2.09. The number of amides is 2. The Morgan fingerprint density at radius 1 is 1.07 bits per heavy atom. The zero-order valence-electron chi connectivity index (χ0n) is 15.3. The first-order chi connectivity index (χ1) is 12.9. The lowest BCUT2D eigenvalue weighted by atomic mass is 10.1. The zero-order valence-corrected chi connectivity index (χ0v) is 16.1. The summed E-state index contributed by atoms with van der Waals surface area (Å²) in [6.07, 6.45) is 3.05. The summed E-state index contributed by atoms with van der Waals surface area (Å²) in [6, 6.07) is 7.62. The fourth-order valence-corrected chi connectivity index (χ4v) is 5.85. The summed E-state index contributed by atoms with van der Waals surface area (Å²) in [5, 5.41) is 2.81. The molecule has 0 saturated carbocycles. The first kappa shape index (κ1) is 18.3. The number of hydrogen-bond acceptors (Lipinski definition) is 5. The van der Waals surface area contributed by atoms with Crippen molar-refractivity contribution in [1.82, 2.24) is 5.32 Å². The van der Waals surface area contributed by atoms with Crippen LogP contribution in [0.4, 0.5) is 11.4 Å². The molecular weight excluding hydrogens is 366 g/mol. The van der Waals surface area contributed by atoms with Crippen molar-refractivity contribution in [1.29, 1.82) is 0 Å². The largest absolute Gasteiger partial charge is 0.372 e. The van der Waals surface area contributed by atoms with Gasteiger partial charge in [0.25, 0.3) is 0 Å². The van der Waals surface area contributed by atoms with Gasteiger partial charge in [-0.2, -0.15) is 0 Å². The molecule has 27 heavy (non-hydrogen) atoms. The van der Waals surface area contributed by atoms with E-state index in [1.54, 1.807) is 4.90 Å². The van der Waals surface area contributed by atoms with Gasteiger partial charge in [-0.1, -0.05) is 0 Å². The molecule has 3 aliphatic rings. The Labute approximate surface area is 159 Å². The molecule has 3 saturated heterocycles. The molecular formula is C19H25N3O4S. The third kappa shape index (κ3) is 3.95. The Bertz CT molecular complexity index is 831. The first-order valence-electron chi connectivity index (χ1n) is 9.57. The number of nitrogens with one attached hydrogen (secondary N) is 1. The zero-order chi connectivity index (χ0) is 19.0. The monoisotopic (exact) mass is 391 g/mol. The highest BCUT2D eigenvalue weighted by Crippen LogP contribution is 2.28. The van der Waals surface area contributed by atoms with Crippen LogP contribution in [0.3, 0.4) is 0 Å². The van der Waals surface area contributed by atoms with Gasteiger partial charge in [-0.15, -0.1) is 0 Å². The second kappa shape index (κ2) is 7.14. The Balaban J connectivity index is 1.37. The fraction of sp³-hybridized carbons (Fsp3) is 0.579. The molecule has 8 heteroatoms. The summed E-state index contributed by atoms with van der Waals surface area (Å²) >= 11 is 0. The lowest BCUT2D eigenvalue weighted by molar-refractivity contribution is -0.126. The summed E-state index contributed by atoms with van der Waals surface area (Å²) in [5.74, 6) is -0.596.